The first-order valence-corrected chi connectivity index (χ1v) is 10.9. The van der Waals surface area contributed by atoms with Crippen molar-refractivity contribution in [2.75, 3.05) is 6.54 Å². The Labute approximate surface area is 178 Å². The van der Waals surface area contributed by atoms with E-state index < -0.39 is 0 Å². The standard InChI is InChI=1S/C24H24N4.C2H6/c1-14-8-18(9-15(2)27-14)17-4-5-21-16(3)24(28-23(21)11-17)20-10-19-12-25-7-6-22(19)26-13-20;1-2/h4-5,8-11,13,25,28H,6-7,12H2,1-3H3;1-2H3. The van der Waals surface area contributed by atoms with E-state index in [2.05, 4.69) is 58.6 Å². The lowest BCUT2D eigenvalue weighted by atomic mass is 10.0. The number of hydrogen-bond donors (Lipinski definition) is 2. The second-order valence-corrected chi connectivity index (χ2v) is 7.78. The van der Waals surface area contributed by atoms with Crippen molar-refractivity contribution in [1.82, 2.24) is 20.3 Å². The summed E-state index contributed by atoms with van der Waals surface area (Å²) in [4.78, 5) is 12.9. The van der Waals surface area contributed by atoms with E-state index in [4.69, 9.17) is 4.98 Å². The number of fused-ring (bicyclic) bond motifs is 2. The van der Waals surface area contributed by atoms with Crippen molar-refractivity contribution in [3.05, 3.63) is 70.8 Å². The Hall–Kier alpha value is -2.98. The molecule has 2 N–H and O–H groups in total. The third-order valence-electron chi connectivity index (χ3n) is 5.68. The molecule has 0 unspecified atom stereocenters. The third kappa shape index (κ3) is 3.75. The zero-order chi connectivity index (χ0) is 21.3. The quantitative estimate of drug-likeness (QED) is 0.443. The summed E-state index contributed by atoms with van der Waals surface area (Å²) in [6, 6.07) is 13.2. The first kappa shape index (κ1) is 20.3. The normalized spacial score (nSPS) is 13.0. The Morgan fingerprint density at radius 2 is 1.63 bits per heavy atom. The highest BCUT2D eigenvalue weighted by Crippen LogP contribution is 2.33. The molecule has 4 aromatic rings. The minimum Gasteiger partial charge on any atom is -0.354 e. The van der Waals surface area contributed by atoms with Crippen LogP contribution in [-0.4, -0.2) is 21.5 Å². The number of benzene rings is 1. The molecule has 4 heteroatoms. The molecule has 0 spiro atoms. The van der Waals surface area contributed by atoms with Gasteiger partial charge < -0.3 is 10.3 Å². The van der Waals surface area contributed by atoms with Crippen molar-refractivity contribution in [1.29, 1.82) is 0 Å². The van der Waals surface area contributed by atoms with Gasteiger partial charge in [0.15, 0.2) is 0 Å². The van der Waals surface area contributed by atoms with E-state index >= 15 is 0 Å². The average Bonchev–Trinajstić information content (AvgIpc) is 3.10. The zero-order valence-electron chi connectivity index (χ0n) is 18.6. The molecule has 0 bridgehead atoms. The second kappa shape index (κ2) is 8.41. The Bertz CT molecular complexity index is 1180. The van der Waals surface area contributed by atoms with Crippen LogP contribution in [0.3, 0.4) is 0 Å². The van der Waals surface area contributed by atoms with Gasteiger partial charge in [-0.15, -0.1) is 0 Å². The molecule has 3 aromatic heterocycles. The molecule has 0 aliphatic carbocycles. The largest absolute Gasteiger partial charge is 0.354 e. The molecule has 0 atom stereocenters. The highest BCUT2D eigenvalue weighted by molar-refractivity contribution is 5.93. The van der Waals surface area contributed by atoms with E-state index in [1.165, 1.54) is 33.3 Å². The fourth-order valence-electron chi connectivity index (χ4n) is 4.29. The lowest BCUT2D eigenvalue weighted by molar-refractivity contribution is 0.630. The van der Waals surface area contributed by atoms with Gasteiger partial charge in [-0.2, -0.15) is 0 Å². The lowest BCUT2D eigenvalue weighted by Crippen LogP contribution is -2.24. The smallest absolute Gasteiger partial charge is 0.0510 e. The van der Waals surface area contributed by atoms with Gasteiger partial charge in [0.25, 0.3) is 0 Å². The summed E-state index contributed by atoms with van der Waals surface area (Å²) in [5, 5.41) is 4.70. The van der Waals surface area contributed by atoms with Crippen LogP contribution in [-0.2, 0) is 13.0 Å². The SMILES string of the molecule is CC.Cc1cc(-c2ccc3c(C)c(-c4cnc5c(c4)CNCC5)[nH]c3c2)cc(C)n1. The monoisotopic (exact) mass is 398 g/mol. The molecule has 0 saturated heterocycles. The van der Waals surface area contributed by atoms with E-state index in [1.54, 1.807) is 0 Å². The van der Waals surface area contributed by atoms with Crippen molar-refractivity contribution < 1.29 is 0 Å². The van der Waals surface area contributed by atoms with Gasteiger partial charge in [-0.25, -0.2) is 0 Å². The predicted molar refractivity (Wildman–Crippen MR) is 126 cm³/mol. The van der Waals surface area contributed by atoms with Crippen LogP contribution in [0.2, 0.25) is 0 Å². The molecule has 30 heavy (non-hydrogen) atoms. The maximum Gasteiger partial charge on any atom is 0.0510 e. The third-order valence-corrected chi connectivity index (χ3v) is 5.68. The summed E-state index contributed by atoms with van der Waals surface area (Å²) >= 11 is 0. The number of rotatable bonds is 2. The van der Waals surface area contributed by atoms with Crippen LogP contribution in [0, 0.1) is 20.8 Å². The number of aromatic nitrogens is 3. The van der Waals surface area contributed by atoms with Crippen LogP contribution in [0.1, 0.15) is 42.1 Å². The van der Waals surface area contributed by atoms with Crippen LogP contribution < -0.4 is 5.32 Å². The molecule has 0 amide bonds. The fourth-order valence-corrected chi connectivity index (χ4v) is 4.29. The van der Waals surface area contributed by atoms with Crippen molar-refractivity contribution in [2.45, 2.75) is 47.6 Å². The van der Waals surface area contributed by atoms with Gasteiger partial charge in [0, 0.05) is 59.3 Å². The topological polar surface area (TPSA) is 53.6 Å². The maximum atomic E-state index is 4.72. The van der Waals surface area contributed by atoms with Gasteiger partial charge in [-0.05, 0) is 67.3 Å². The zero-order valence-corrected chi connectivity index (χ0v) is 18.6. The molecule has 0 saturated carbocycles. The number of nitrogens with zero attached hydrogens (tertiary/aromatic N) is 2. The first-order valence-electron chi connectivity index (χ1n) is 10.9. The molecule has 4 heterocycles. The molecular formula is C26H30N4. The Balaban J connectivity index is 0.00000106. The van der Waals surface area contributed by atoms with Gasteiger partial charge in [-0.1, -0.05) is 26.0 Å². The highest BCUT2D eigenvalue weighted by atomic mass is 14.9. The highest BCUT2D eigenvalue weighted by Gasteiger charge is 2.15. The van der Waals surface area contributed by atoms with Gasteiger partial charge in [0.05, 0.1) is 5.69 Å². The number of H-pyrrole nitrogens is 1. The molecule has 1 aromatic carbocycles. The van der Waals surface area contributed by atoms with Crippen molar-refractivity contribution in [3.8, 4) is 22.4 Å². The minimum absolute atomic E-state index is 0.903. The summed E-state index contributed by atoms with van der Waals surface area (Å²) in [6.45, 7) is 12.2. The maximum absolute atomic E-state index is 4.72. The van der Waals surface area contributed by atoms with Gasteiger partial charge >= 0.3 is 0 Å². The Morgan fingerprint density at radius 1 is 0.867 bits per heavy atom. The van der Waals surface area contributed by atoms with E-state index in [1.807, 2.05) is 33.9 Å². The molecule has 154 valence electrons. The van der Waals surface area contributed by atoms with Crippen LogP contribution in [0.4, 0.5) is 0 Å². The van der Waals surface area contributed by atoms with Gasteiger partial charge in [0.2, 0.25) is 0 Å². The van der Waals surface area contributed by atoms with Crippen molar-refractivity contribution in [3.63, 3.8) is 0 Å². The summed E-state index contributed by atoms with van der Waals surface area (Å²) in [6.07, 6.45) is 3.02. The molecule has 0 radical (unpaired) electrons. The van der Waals surface area contributed by atoms with E-state index in [0.717, 1.165) is 47.7 Å². The minimum atomic E-state index is 0.903. The summed E-state index contributed by atoms with van der Waals surface area (Å²) in [5.41, 5.74) is 11.8. The van der Waals surface area contributed by atoms with Crippen molar-refractivity contribution in [2.24, 2.45) is 0 Å². The summed E-state index contributed by atoms with van der Waals surface area (Å²) in [7, 11) is 0. The van der Waals surface area contributed by atoms with Crippen LogP contribution >= 0.6 is 0 Å². The molecule has 4 nitrogen and oxygen atoms in total. The van der Waals surface area contributed by atoms with E-state index in [-0.39, 0.29) is 0 Å². The molecule has 5 rings (SSSR count). The number of nitrogens with one attached hydrogen (secondary N) is 2. The lowest BCUT2D eigenvalue weighted by Gasteiger charge is -2.16. The molecular weight excluding hydrogens is 368 g/mol. The fraction of sp³-hybridized carbons (Fsp3) is 0.308. The number of hydrogen-bond acceptors (Lipinski definition) is 3. The molecule has 1 aliphatic heterocycles. The molecule has 0 fully saturated rings. The number of pyridine rings is 2. The van der Waals surface area contributed by atoms with Crippen LogP contribution in [0.25, 0.3) is 33.3 Å². The van der Waals surface area contributed by atoms with E-state index in [9.17, 15) is 0 Å². The van der Waals surface area contributed by atoms with Crippen molar-refractivity contribution >= 4 is 10.9 Å². The predicted octanol–water partition coefficient (Wildman–Crippen LogP) is 5.89. The number of aromatic amines is 1. The Kier molecular flexibility index (Phi) is 5.69. The van der Waals surface area contributed by atoms with Crippen LogP contribution in [0.15, 0.2) is 42.6 Å². The first-order chi connectivity index (χ1) is 14.6. The van der Waals surface area contributed by atoms with Gasteiger partial charge in [-0.3, -0.25) is 9.97 Å². The van der Waals surface area contributed by atoms with E-state index in [0.29, 0.717) is 0 Å². The Morgan fingerprint density at radius 3 is 2.40 bits per heavy atom. The number of aryl methyl sites for hydroxylation is 3. The summed E-state index contributed by atoms with van der Waals surface area (Å²) < 4.78 is 0. The van der Waals surface area contributed by atoms with Crippen LogP contribution in [0.5, 0.6) is 0 Å². The second-order valence-electron chi connectivity index (χ2n) is 7.78. The molecule has 1 aliphatic rings. The average molecular weight is 399 g/mol. The van der Waals surface area contributed by atoms with Gasteiger partial charge in [0.1, 0.15) is 0 Å². The summed E-state index contributed by atoms with van der Waals surface area (Å²) in [5.74, 6) is 0.